The van der Waals surface area contributed by atoms with Crippen LogP contribution >= 0.6 is 0 Å². The maximum absolute atomic E-state index is 10.5. The highest BCUT2D eigenvalue weighted by Crippen LogP contribution is 2.40. The van der Waals surface area contributed by atoms with E-state index in [1.165, 1.54) is 18.4 Å². The summed E-state index contributed by atoms with van der Waals surface area (Å²) < 4.78 is 0. The molecule has 1 fully saturated rings. The summed E-state index contributed by atoms with van der Waals surface area (Å²) in [5, 5.41) is 12.0. The van der Waals surface area contributed by atoms with Crippen molar-refractivity contribution in [3.05, 3.63) is 35.9 Å². The Morgan fingerprint density at radius 1 is 1.38 bits per heavy atom. The Morgan fingerprint density at radius 3 is 2.62 bits per heavy atom. The Kier molecular flexibility index (Phi) is 3.57. The minimum Gasteiger partial charge on any atom is -0.481 e. The van der Waals surface area contributed by atoms with E-state index in [0.29, 0.717) is 18.5 Å². The number of carboxylic acids is 1. The van der Waals surface area contributed by atoms with Crippen molar-refractivity contribution in [3.63, 3.8) is 0 Å². The Labute approximate surface area is 95.5 Å². The van der Waals surface area contributed by atoms with Crippen LogP contribution in [0, 0.1) is 5.92 Å². The van der Waals surface area contributed by atoms with Gasteiger partial charge in [-0.3, -0.25) is 4.79 Å². The molecule has 1 atom stereocenters. The predicted octanol–water partition coefficient (Wildman–Crippen LogP) is 2.20. The minimum absolute atomic E-state index is 0.191. The summed E-state index contributed by atoms with van der Waals surface area (Å²) >= 11 is 0. The first-order chi connectivity index (χ1) is 7.77. The molecule has 0 heterocycles. The van der Waals surface area contributed by atoms with E-state index in [0.717, 1.165) is 0 Å². The van der Waals surface area contributed by atoms with Crippen molar-refractivity contribution in [1.29, 1.82) is 0 Å². The lowest BCUT2D eigenvalue weighted by molar-refractivity contribution is -0.136. The number of carbonyl (C=O) groups is 1. The number of rotatable bonds is 6. The second-order valence-corrected chi connectivity index (χ2v) is 4.32. The van der Waals surface area contributed by atoms with Crippen LogP contribution in [0.25, 0.3) is 0 Å². The number of nitrogens with one attached hydrogen (secondary N) is 1. The lowest BCUT2D eigenvalue weighted by atomic mass is 10.0. The van der Waals surface area contributed by atoms with E-state index in [-0.39, 0.29) is 6.42 Å². The molecule has 2 rings (SSSR count). The average molecular weight is 219 g/mol. The van der Waals surface area contributed by atoms with Gasteiger partial charge in [0.1, 0.15) is 0 Å². The van der Waals surface area contributed by atoms with Crippen molar-refractivity contribution in [1.82, 2.24) is 5.32 Å². The monoisotopic (exact) mass is 219 g/mol. The van der Waals surface area contributed by atoms with Gasteiger partial charge in [-0.2, -0.15) is 0 Å². The molecule has 0 bridgehead atoms. The number of hydrogen-bond donors (Lipinski definition) is 2. The Morgan fingerprint density at radius 2 is 2.06 bits per heavy atom. The molecule has 1 aromatic carbocycles. The summed E-state index contributed by atoms with van der Waals surface area (Å²) in [5.74, 6) is -0.0497. The van der Waals surface area contributed by atoms with E-state index in [2.05, 4.69) is 17.4 Å². The lowest BCUT2D eigenvalue weighted by Gasteiger charge is -2.18. The van der Waals surface area contributed by atoms with Gasteiger partial charge in [-0.05, 0) is 24.3 Å². The highest BCUT2D eigenvalue weighted by molar-refractivity contribution is 5.66. The fourth-order valence-corrected chi connectivity index (χ4v) is 1.98. The topological polar surface area (TPSA) is 49.3 Å². The second kappa shape index (κ2) is 5.12. The third-order valence-electron chi connectivity index (χ3n) is 2.96. The molecule has 0 aliphatic heterocycles. The van der Waals surface area contributed by atoms with Crippen LogP contribution in [0.1, 0.15) is 30.9 Å². The maximum atomic E-state index is 10.5. The van der Waals surface area contributed by atoms with Crippen molar-refractivity contribution in [2.45, 2.75) is 25.3 Å². The average Bonchev–Trinajstić information content (AvgIpc) is 3.09. The molecule has 1 aliphatic rings. The SMILES string of the molecule is O=C(O)CCNC(c1ccccc1)C1CC1. The molecule has 3 heteroatoms. The van der Waals surface area contributed by atoms with E-state index in [4.69, 9.17) is 5.11 Å². The van der Waals surface area contributed by atoms with Crippen LogP contribution < -0.4 is 5.32 Å². The van der Waals surface area contributed by atoms with Gasteiger partial charge >= 0.3 is 5.97 Å². The van der Waals surface area contributed by atoms with Crippen molar-refractivity contribution in [3.8, 4) is 0 Å². The van der Waals surface area contributed by atoms with Crippen LogP contribution in [-0.2, 0) is 4.79 Å². The van der Waals surface area contributed by atoms with E-state index >= 15 is 0 Å². The van der Waals surface area contributed by atoms with Crippen LogP contribution in [0.4, 0.5) is 0 Å². The maximum Gasteiger partial charge on any atom is 0.304 e. The lowest BCUT2D eigenvalue weighted by Crippen LogP contribution is -2.25. The van der Waals surface area contributed by atoms with E-state index < -0.39 is 5.97 Å². The zero-order valence-corrected chi connectivity index (χ0v) is 9.23. The van der Waals surface area contributed by atoms with Gasteiger partial charge in [-0.1, -0.05) is 30.3 Å². The zero-order valence-electron chi connectivity index (χ0n) is 9.23. The van der Waals surface area contributed by atoms with Crippen molar-refractivity contribution in [2.24, 2.45) is 5.92 Å². The summed E-state index contributed by atoms with van der Waals surface area (Å²) in [4.78, 5) is 10.5. The predicted molar refractivity (Wildman–Crippen MR) is 62.2 cm³/mol. The highest BCUT2D eigenvalue weighted by atomic mass is 16.4. The summed E-state index contributed by atoms with van der Waals surface area (Å²) in [6.07, 6.45) is 2.69. The molecule has 1 aromatic rings. The molecule has 0 amide bonds. The van der Waals surface area contributed by atoms with Crippen LogP contribution in [0.2, 0.25) is 0 Å². The van der Waals surface area contributed by atoms with Gasteiger partial charge in [0.15, 0.2) is 0 Å². The van der Waals surface area contributed by atoms with E-state index in [9.17, 15) is 4.79 Å². The molecule has 1 aliphatic carbocycles. The second-order valence-electron chi connectivity index (χ2n) is 4.32. The minimum atomic E-state index is -0.741. The molecule has 2 N–H and O–H groups in total. The van der Waals surface area contributed by atoms with Crippen LogP contribution in [0.5, 0.6) is 0 Å². The fourth-order valence-electron chi connectivity index (χ4n) is 1.98. The van der Waals surface area contributed by atoms with Crippen molar-refractivity contribution >= 4 is 5.97 Å². The Bertz CT molecular complexity index is 346. The number of hydrogen-bond acceptors (Lipinski definition) is 2. The van der Waals surface area contributed by atoms with Gasteiger partial charge in [-0.15, -0.1) is 0 Å². The smallest absolute Gasteiger partial charge is 0.304 e. The van der Waals surface area contributed by atoms with Gasteiger partial charge in [-0.25, -0.2) is 0 Å². The highest BCUT2D eigenvalue weighted by Gasteiger charge is 2.31. The zero-order chi connectivity index (χ0) is 11.4. The first-order valence-corrected chi connectivity index (χ1v) is 5.77. The molecule has 1 unspecified atom stereocenters. The fraction of sp³-hybridized carbons (Fsp3) is 0.462. The molecular formula is C13H17NO2. The molecule has 0 saturated heterocycles. The summed E-state index contributed by atoms with van der Waals surface area (Å²) in [7, 11) is 0. The standard InChI is InChI=1S/C13H17NO2/c15-12(16)8-9-14-13(11-6-7-11)10-4-2-1-3-5-10/h1-5,11,13-14H,6-9H2,(H,15,16). The Hall–Kier alpha value is -1.35. The number of benzene rings is 1. The van der Waals surface area contributed by atoms with Crippen molar-refractivity contribution < 1.29 is 9.90 Å². The molecule has 3 nitrogen and oxygen atoms in total. The molecular weight excluding hydrogens is 202 g/mol. The third-order valence-corrected chi connectivity index (χ3v) is 2.96. The van der Waals surface area contributed by atoms with Crippen LogP contribution in [0.3, 0.4) is 0 Å². The largest absolute Gasteiger partial charge is 0.481 e. The Balaban J connectivity index is 1.93. The summed E-state index contributed by atoms with van der Waals surface area (Å²) in [6, 6.07) is 10.6. The van der Waals surface area contributed by atoms with Gasteiger partial charge in [0.25, 0.3) is 0 Å². The van der Waals surface area contributed by atoms with Crippen LogP contribution in [-0.4, -0.2) is 17.6 Å². The molecule has 1 saturated carbocycles. The van der Waals surface area contributed by atoms with E-state index in [1.807, 2.05) is 18.2 Å². The molecule has 0 spiro atoms. The molecule has 0 aromatic heterocycles. The number of aliphatic carboxylic acids is 1. The first-order valence-electron chi connectivity index (χ1n) is 5.77. The summed E-state index contributed by atoms with van der Waals surface area (Å²) in [5.41, 5.74) is 1.27. The third kappa shape index (κ3) is 3.07. The number of carboxylic acid groups (broad SMARTS) is 1. The van der Waals surface area contributed by atoms with Crippen LogP contribution in [0.15, 0.2) is 30.3 Å². The van der Waals surface area contributed by atoms with Gasteiger partial charge in [0, 0.05) is 12.6 Å². The van der Waals surface area contributed by atoms with Gasteiger partial charge in [0.05, 0.1) is 6.42 Å². The van der Waals surface area contributed by atoms with Gasteiger partial charge in [0.2, 0.25) is 0 Å². The quantitative estimate of drug-likeness (QED) is 0.771. The van der Waals surface area contributed by atoms with Crippen molar-refractivity contribution in [2.75, 3.05) is 6.54 Å². The molecule has 0 radical (unpaired) electrons. The summed E-state index contributed by atoms with van der Waals surface area (Å²) in [6.45, 7) is 0.547. The molecule has 86 valence electrons. The van der Waals surface area contributed by atoms with Gasteiger partial charge < -0.3 is 10.4 Å². The normalized spacial score (nSPS) is 17.0. The first kappa shape index (κ1) is 11.1. The van der Waals surface area contributed by atoms with E-state index in [1.54, 1.807) is 0 Å². The molecule has 16 heavy (non-hydrogen) atoms.